The van der Waals surface area contributed by atoms with Crippen LogP contribution in [0.3, 0.4) is 0 Å². The molecule has 0 aromatic heterocycles. The van der Waals surface area contributed by atoms with Gasteiger partial charge in [0, 0.05) is 19.2 Å². The zero-order valence-electron chi connectivity index (χ0n) is 12.1. The third kappa shape index (κ3) is 4.94. The summed E-state index contributed by atoms with van der Waals surface area (Å²) >= 11 is 0. The molecule has 2 N–H and O–H groups in total. The molecule has 4 nitrogen and oxygen atoms in total. The lowest BCUT2D eigenvalue weighted by Gasteiger charge is -2.29. The highest BCUT2D eigenvalue weighted by molar-refractivity contribution is 5.78. The molecule has 4 heteroatoms. The molecular formula is C16H24N2O2. The molecule has 1 aromatic rings. The molecule has 0 bridgehead atoms. The molecule has 0 radical (unpaired) electrons. The van der Waals surface area contributed by atoms with Crippen molar-refractivity contribution in [3.63, 3.8) is 0 Å². The third-order valence-electron chi connectivity index (χ3n) is 3.71. The monoisotopic (exact) mass is 276 g/mol. The van der Waals surface area contributed by atoms with E-state index >= 15 is 0 Å². The van der Waals surface area contributed by atoms with Gasteiger partial charge in [0.2, 0.25) is 5.91 Å². The molecule has 1 fully saturated rings. The van der Waals surface area contributed by atoms with Crippen molar-refractivity contribution >= 4 is 5.91 Å². The Kier molecular flexibility index (Phi) is 6.02. The van der Waals surface area contributed by atoms with Gasteiger partial charge < -0.3 is 15.4 Å². The SMILES string of the molecule is CCC1CC(NCC(=O)NCc2ccccc2)CCO1. The Bertz CT molecular complexity index is 408. The number of benzene rings is 1. The van der Waals surface area contributed by atoms with E-state index in [4.69, 9.17) is 4.74 Å². The van der Waals surface area contributed by atoms with Crippen LogP contribution < -0.4 is 10.6 Å². The lowest BCUT2D eigenvalue weighted by atomic mass is 10.0. The first kappa shape index (κ1) is 15.0. The molecule has 110 valence electrons. The molecular weight excluding hydrogens is 252 g/mol. The zero-order chi connectivity index (χ0) is 14.2. The van der Waals surface area contributed by atoms with E-state index in [2.05, 4.69) is 17.6 Å². The number of ether oxygens (including phenoxy) is 1. The number of carbonyl (C=O) groups is 1. The fraction of sp³-hybridized carbons (Fsp3) is 0.562. The molecule has 1 amide bonds. The molecule has 2 unspecified atom stereocenters. The molecule has 20 heavy (non-hydrogen) atoms. The smallest absolute Gasteiger partial charge is 0.234 e. The fourth-order valence-electron chi connectivity index (χ4n) is 2.45. The number of rotatable bonds is 6. The summed E-state index contributed by atoms with van der Waals surface area (Å²) in [5.41, 5.74) is 1.12. The van der Waals surface area contributed by atoms with Crippen LogP contribution in [-0.2, 0) is 16.1 Å². The topological polar surface area (TPSA) is 50.4 Å². The van der Waals surface area contributed by atoms with Gasteiger partial charge in [0.05, 0.1) is 12.6 Å². The molecule has 2 atom stereocenters. The highest BCUT2D eigenvalue weighted by atomic mass is 16.5. The van der Waals surface area contributed by atoms with Gasteiger partial charge in [-0.05, 0) is 24.8 Å². The molecule has 0 spiro atoms. The Morgan fingerprint density at radius 1 is 1.35 bits per heavy atom. The van der Waals surface area contributed by atoms with Gasteiger partial charge in [-0.25, -0.2) is 0 Å². The van der Waals surface area contributed by atoms with Crippen LogP contribution in [0.25, 0.3) is 0 Å². The van der Waals surface area contributed by atoms with E-state index in [0.717, 1.165) is 31.4 Å². The van der Waals surface area contributed by atoms with E-state index in [-0.39, 0.29) is 5.91 Å². The van der Waals surface area contributed by atoms with E-state index in [9.17, 15) is 4.79 Å². The second kappa shape index (κ2) is 8.02. The minimum absolute atomic E-state index is 0.0494. The molecule has 1 aliphatic rings. The summed E-state index contributed by atoms with van der Waals surface area (Å²) < 4.78 is 5.63. The van der Waals surface area contributed by atoms with Gasteiger partial charge >= 0.3 is 0 Å². The van der Waals surface area contributed by atoms with Gasteiger partial charge in [0.25, 0.3) is 0 Å². The second-order valence-corrected chi connectivity index (χ2v) is 5.27. The van der Waals surface area contributed by atoms with Crippen molar-refractivity contribution in [2.45, 2.75) is 44.9 Å². The molecule has 0 aliphatic carbocycles. The molecule has 1 saturated heterocycles. The summed E-state index contributed by atoms with van der Waals surface area (Å²) in [6.07, 6.45) is 3.37. The highest BCUT2D eigenvalue weighted by Crippen LogP contribution is 2.15. The lowest BCUT2D eigenvalue weighted by Crippen LogP contribution is -2.43. The average Bonchev–Trinajstić information content (AvgIpc) is 2.52. The van der Waals surface area contributed by atoms with Gasteiger partial charge in [-0.15, -0.1) is 0 Å². The van der Waals surface area contributed by atoms with E-state index < -0.39 is 0 Å². The van der Waals surface area contributed by atoms with E-state index in [1.54, 1.807) is 0 Å². The van der Waals surface area contributed by atoms with Crippen LogP contribution in [-0.4, -0.2) is 31.2 Å². The van der Waals surface area contributed by atoms with E-state index in [1.807, 2.05) is 30.3 Å². The summed E-state index contributed by atoms with van der Waals surface area (Å²) in [7, 11) is 0. The third-order valence-corrected chi connectivity index (χ3v) is 3.71. The van der Waals surface area contributed by atoms with Gasteiger partial charge in [-0.2, -0.15) is 0 Å². The normalized spacial score (nSPS) is 22.4. The van der Waals surface area contributed by atoms with Crippen LogP contribution >= 0.6 is 0 Å². The van der Waals surface area contributed by atoms with Gasteiger partial charge in [-0.1, -0.05) is 37.3 Å². The molecule has 1 aromatic carbocycles. The molecule has 0 saturated carbocycles. The highest BCUT2D eigenvalue weighted by Gasteiger charge is 2.21. The minimum atomic E-state index is 0.0494. The van der Waals surface area contributed by atoms with Crippen molar-refractivity contribution in [3.8, 4) is 0 Å². The van der Waals surface area contributed by atoms with Crippen molar-refractivity contribution in [1.82, 2.24) is 10.6 Å². The zero-order valence-corrected chi connectivity index (χ0v) is 12.1. The fourth-order valence-corrected chi connectivity index (χ4v) is 2.45. The maximum absolute atomic E-state index is 11.8. The maximum Gasteiger partial charge on any atom is 0.234 e. The lowest BCUT2D eigenvalue weighted by molar-refractivity contribution is -0.120. The van der Waals surface area contributed by atoms with Crippen molar-refractivity contribution in [1.29, 1.82) is 0 Å². The van der Waals surface area contributed by atoms with Crippen molar-refractivity contribution in [2.24, 2.45) is 0 Å². The minimum Gasteiger partial charge on any atom is -0.378 e. The molecule has 2 rings (SSSR count). The number of amides is 1. The largest absolute Gasteiger partial charge is 0.378 e. The summed E-state index contributed by atoms with van der Waals surface area (Å²) in [6, 6.07) is 10.4. The Hall–Kier alpha value is -1.39. The van der Waals surface area contributed by atoms with Crippen molar-refractivity contribution in [3.05, 3.63) is 35.9 Å². The standard InChI is InChI=1S/C16H24N2O2/c1-2-15-10-14(8-9-20-15)17-12-16(19)18-11-13-6-4-3-5-7-13/h3-7,14-15,17H,2,8-12H2,1H3,(H,18,19). The number of hydrogen-bond donors (Lipinski definition) is 2. The number of hydrogen-bond acceptors (Lipinski definition) is 3. The van der Waals surface area contributed by atoms with Gasteiger partial charge in [-0.3, -0.25) is 4.79 Å². The predicted molar refractivity (Wildman–Crippen MR) is 79.3 cm³/mol. The van der Waals surface area contributed by atoms with Crippen LogP contribution in [0.2, 0.25) is 0 Å². The Balaban J connectivity index is 1.65. The predicted octanol–water partition coefficient (Wildman–Crippen LogP) is 1.85. The van der Waals surface area contributed by atoms with Gasteiger partial charge in [0.15, 0.2) is 0 Å². The van der Waals surface area contributed by atoms with Crippen LogP contribution in [0.1, 0.15) is 31.7 Å². The summed E-state index contributed by atoms with van der Waals surface area (Å²) in [5, 5.41) is 6.26. The summed E-state index contributed by atoms with van der Waals surface area (Å²) in [5.74, 6) is 0.0494. The van der Waals surface area contributed by atoms with Crippen molar-refractivity contribution in [2.75, 3.05) is 13.2 Å². The number of carbonyl (C=O) groups excluding carboxylic acids is 1. The first-order valence-corrected chi connectivity index (χ1v) is 7.43. The van der Waals surface area contributed by atoms with Crippen LogP contribution in [0.5, 0.6) is 0 Å². The van der Waals surface area contributed by atoms with Crippen LogP contribution in [0.4, 0.5) is 0 Å². The Morgan fingerprint density at radius 3 is 2.90 bits per heavy atom. The van der Waals surface area contributed by atoms with E-state index in [1.165, 1.54) is 0 Å². The Labute approximate surface area is 120 Å². The second-order valence-electron chi connectivity index (χ2n) is 5.27. The summed E-state index contributed by atoms with van der Waals surface area (Å²) in [6.45, 7) is 3.90. The summed E-state index contributed by atoms with van der Waals surface area (Å²) in [4.78, 5) is 11.8. The molecule has 1 aliphatic heterocycles. The maximum atomic E-state index is 11.8. The van der Waals surface area contributed by atoms with Crippen LogP contribution in [0, 0.1) is 0 Å². The first-order chi connectivity index (χ1) is 9.78. The quantitative estimate of drug-likeness (QED) is 0.833. The van der Waals surface area contributed by atoms with E-state index in [0.29, 0.717) is 25.2 Å². The average molecular weight is 276 g/mol. The van der Waals surface area contributed by atoms with Crippen molar-refractivity contribution < 1.29 is 9.53 Å². The van der Waals surface area contributed by atoms with Gasteiger partial charge in [0.1, 0.15) is 0 Å². The Morgan fingerprint density at radius 2 is 2.15 bits per heavy atom. The molecule has 1 heterocycles. The number of nitrogens with one attached hydrogen (secondary N) is 2. The first-order valence-electron chi connectivity index (χ1n) is 7.43. The van der Waals surface area contributed by atoms with Crippen LogP contribution in [0.15, 0.2) is 30.3 Å².